The van der Waals surface area contributed by atoms with Crippen molar-refractivity contribution < 1.29 is 27.5 Å². The second-order valence-corrected chi connectivity index (χ2v) is 10.3. The molecule has 2 rings (SSSR count). The number of carbonyl (C=O) groups is 3. The molecule has 1 saturated heterocycles. The summed E-state index contributed by atoms with van der Waals surface area (Å²) in [6, 6.07) is 4.34. The zero-order valence-electron chi connectivity index (χ0n) is 17.5. The number of urea groups is 1. The third-order valence-corrected chi connectivity index (χ3v) is 7.27. The van der Waals surface area contributed by atoms with Crippen molar-refractivity contribution in [2.75, 3.05) is 18.1 Å². The predicted octanol–water partition coefficient (Wildman–Crippen LogP) is 1.80. The van der Waals surface area contributed by atoms with Crippen molar-refractivity contribution in [3.05, 3.63) is 34.9 Å². The van der Waals surface area contributed by atoms with Crippen LogP contribution in [0.2, 0.25) is 5.02 Å². The lowest BCUT2D eigenvalue weighted by Crippen LogP contribution is -2.48. The van der Waals surface area contributed by atoms with Crippen LogP contribution in [0.4, 0.5) is 4.79 Å². The maximum Gasteiger partial charge on any atom is 0.312 e. The van der Waals surface area contributed by atoms with E-state index in [0.717, 1.165) is 0 Å². The number of sulfone groups is 1. The molecule has 3 unspecified atom stereocenters. The van der Waals surface area contributed by atoms with Crippen LogP contribution in [0.25, 0.3) is 0 Å². The Labute approximate surface area is 187 Å². The van der Waals surface area contributed by atoms with E-state index in [1.807, 2.05) is 13.8 Å². The SMILES string of the molecule is CCC(C)N(C(=O)COC(=O)CC(NC(N)=O)c1ccc(Cl)cc1)C1CCS(=O)(=O)C1. The maximum atomic E-state index is 12.8. The molecule has 3 amide bonds. The van der Waals surface area contributed by atoms with Crippen molar-refractivity contribution in [2.45, 2.75) is 51.2 Å². The van der Waals surface area contributed by atoms with Crippen LogP contribution in [0.3, 0.4) is 0 Å². The summed E-state index contributed by atoms with van der Waals surface area (Å²) in [7, 11) is -3.17. The molecule has 3 N–H and O–H groups in total. The summed E-state index contributed by atoms with van der Waals surface area (Å²) >= 11 is 5.87. The van der Waals surface area contributed by atoms with Gasteiger partial charge in [-0.1, -0.05) is 30.7 Å². The number of nitrogens with two attached hydrogens (primary N) is 1. The second kappa shape index (κ2) is 10.8. The Bertz CT molecular complexity index is 906. The third-order valence-electron chi connectivity index (χ3n) is 5.27. The number of nitrogens with zero attached hydrogens (tertiary/aromatic N) is 1. The minimum atomic E-state index is -3.17. The van der Waals surface area contributed by atoms with E-state index in [9.17, 15) is 22.8 Å². The number of hydrogen-bond acceptors (Lipinski definition) is 6. The first-order valence-corrected chi connectivity index (χ1v) is 12.2. The van der Waals surface area contributed by atoms with Crippen LogP contribution in [0.15, 0.2) is 24.3 Å². The van der Waals surface area contributed by atoms with E-state index in [1.54, 1.807) is 24.3 Å². The van der Waals surface area contributed by atoms with Gasteiger partial charge in [0.2, 0.25) is 0 Å². The molecule has 1 aliphatic rings. The molecule has 1 aromatic rings. The highest BCUT2D eigenvalue weighted by Gasteiger charge is 2.36. The minimum absolute atomic E-state index is 0.0409. The molecule has 172 valence electrons. The van der Waals surface area contributed by atoms with Gasteiger partial charge in [-0.05, 0) is 37.5 Å². The standard InChI is InChI=1S/C20H28ClN3O6S/c1-3-13(2)24(16-8-9-31(28,29)12-16)18(25)11-30-19(26)10-17(23-20(22)27)14-4-6-15(21)7-5-14/h4-7,13,16-17H,3,8-12H2,1-2H3,(H3,22,23,27). The molecule has 3 atom stereocenters. The first-order chi connectivity index (χ1) is 14.5. The van der Waals surface area contributed by atoms with Crippen molar-refractivity contribution >= 4 is 39.3 Å². The average molecular weight is 474 g/mol. The summed E-state index contributed by atoms with van der Waals surface area (Å²) in [5.74, 6) is -1.20. The van der Waals surface area contributed by atoms with Gasteiger partial charge in [-0.2, -0.15) is 0 Å². The number of nitrogens with one attached hydrogen (secondary N) is 1. The summed E-state index contributed by atoms with van der Waals surface area (Å²) in [5.41, 5.74) is 5.80. The van der Waals surface area contributed by atoms with Gasteiger partial charge in [-0.25, -0.2) is 13.2 Å². The molecule has 0 radical (unpaired) electrons. The molecular formula is C20H28ClN3O6S. The number of primary amides is 1. The summed E-state index contributed by atoms with van der Waals surface area (Å²) in [6.07, 6.45) is 0.768. The van der Waals surface area contributed by atoms with Gasteiger partial charge in [-0.3, -0.25) is 9.59 Å². The molecule has 9 nitrogen and oxygen atoms in total. The third kappa shape index (κ3) is 7.39. The first kappa shape index (κ1) is 24.9. The van der Waals surface area contributed by atoms with Crippen LogP contribution >= 0.6 is 11.6 Å². The van der Waals surface area contributed by atoms with Crippen molar-refractivity contribution in [2.24, 2.45) is 5.73 Å². The van der Waals surface area contributed by atoms with Crippen LogP contribution in [-0.4, -0.2) is 61.4 Å². The van der Waals surface area contributed by atoms with Gasteiger partial charge in [-0.15, -0.1) is 0 Å². The van der Waals surface area contributed by atoms with Crippen molar-refractivity contribution in [3.63, 3.8) is 0 Å². The Morgan fingerprint density at radius 3 is 2.45 bits per heavy atom. The fourth-order valence-electron chi connectivity index (χ4n) is 3.56. The number of carbonyl (C=O) groups excluding carboxylic acids is 3. The summed E-state index contributed by atoms with van der Waals surface area (Å²) in [5, 5.41) is 2.97. The van der Waals surface area contributed by atoms with Gasteiger partial charge in [0.15, 0.2) is 16.4 Å². The van der Waals surface area contributed by atoms with Crippen molar-refractivity contribution in [1.29, 1.82) is 0 Å². The van der Waals surface area contributed by atoms with Gasteiger partial charge in [0.25, 0.3) is 5.91 Å². The van der Waals surface area contributed by atoms with Gasteiger partial charge in [0, 0.05) is 17.1 Å². The number of halogens is 1. The van der Waals surface area contributed by atoms with E-state index in [4.69, 9.17) is 22.1 Å². The smallest absolute Gasteiger partial charge is 0.312 e. The molecule has 31 heavy (non-hydrogen) atoms. The lowest BCUT2D eigenvalue weighted by molar-refractivity contribution is -0.154. The van der Waals surface area contributed by atoms with E-state index in [0.29, 0.717) is 23.4 Å². The van der Waals surface area contributed by atoms with E-state index in [-0.39, 0.29) is 24.0 Å². The quantitative estimate of drug-likeness (QED) is 0.525. The van der Waals surface area contributed by atoms with E-state index in [2.05, 4.69) is 5.32 Å². The zero-order chi connectivity index (χ0) is 23.2. The number of rotatable bonds is 9. The lowest BCUT2D eigenvalue weighted by atomic mass is 10.0. The molecule has 0 bridgehead atoms. The molecule has 1 fully saturated rings. The molecule has 1 heterocycles. The predicted molar refractivity (Wildman–Crippen MR) is 116 cm³/mol. The zero-order valence-corrected chi connectivity index (χ0v) is 19.1. The molecule has 1 aromatic carbocycles. The monoisotopic (exact) mass is 473 g/mol. The van der Waals surface area contributed by atoms with Gasteiger partial charge >= 0.3 is 12.0 Å². The molecule has 0 aliphatic carbocycles. The number of ether oxygens (including phenoxy) is 1. The summed E-state index contributed by atoms with van der Waals surface area (Å²) < 4.78 is 28.8. The van der Waals surface area contributed by atoms with Crippen LogP contribution in [-0.2, 0) is 24.2 Å². The van der Waals surface area contributed by atoms with Gasteiger partial charge in [0.1, 0.15) is 0 Å². The summed E-state index contributed by atoms with van der Waals surface area (Å²) in [4.78, 5) is 38.0. The Morgan fingerprint density at radius 1 is 1.29 bits per heavy atom. The highest BCUT2D eigenvalue weighted by atomic mass is 35.5. The number of amides is 3. The fourth-order valence-corrected chi connectivity index (χ4v) is 5.40. The normalized spacial score (nSPS) is 19.3. The topological polar surface area (TPSA) is 136 Å². The molecule has 11 heteroatoms. The van der Waals surface area contributed by atoms with E-state index < -0.39 is 46.4 Å². The van der Waals surface area contributed by atoms with Gasteiger partial charge < -0.3 is 20.7 Å². The molecule has 1 aliphatic heterocycles. The Balaban J connectivity index is 2.01. The van der Waals surface area contributed by atoms with Crippen LogP contribution in [0, 0.1) is 0 Å². The Morgan fingerprint density at radius 2 is 1.94 bits per heavy atom. The molecular weight excluding hydrogens is 446 g/mol. The van der Waals surface area contributed by atoms with E-state index in [1.165, 1.54) is 4.90 Å². The Kier molecular flexibility index (Phi) is 8.69. The fraction of sp³-hybridized carbons (Fsp3) is 0.550. The van der Waals surface area contributed by atoms with Crippen molar-refractivity contribution in [3.8, 4) is 0 Å². The molecule has 0 aromatic heterocycles. The minimum Gasteiger partial charge on any atom is -0.455 e. The number of esters is 1. The average Bonchev–Trinajstić information content (AvgIpc) is 3.05. The largest absolute Gasteiger partial charge is 0.455 e. The Hall–Kier alpha value is -2.33. The molecule has 0 spiro atoms. The lowest BCUT2D eigenvalue weighted by Gasteiger charge is -2.33. The highest BCUT2D eigenvalue weighted by Crippen LogP contribution is 2.22. The molecule has 0 saturated carbocycles. The van der Waals surface area contributed by atoms with Crippen LogP contribution < -0.4 is 11.1 Å². The first-order valence-electron chi connectivity index (χ1n) is 10.0. The maximum absolute atomic E-state index is 12.8. The van der Waals surface area contributed by atoms with Crippen molar-refractivity contribution in [1.82, 2.24) is 10.2 Å². The number of hydrogen-bond donors (Lipinski definition) is 2. The second-order valence-electron chi connectivity index (χ2n) is 7.59. The van der Waals surface area contributed by atoms with Crippen LogP contribution in [0.5, 0.6) is 0 Å². The van der Waals surface area contributed by atoms with Crippen LogP contribution in [0.1, 0.15) is 44.7 Å². The summed E-state index contributed by atoms with van der Waals surface area (Å²) in [6.45, 7) is 3.22. The highest BCUT2D eigenvalue weighted by molar-refractivity contribution is 7.91. The van der Waals surface area contributed by atoms with E-state index >= 15 is 0 Å². The number of benzene rings is 1. The van der Waals surface area contributed by atoms with Gasteiger partial charge in [0.05, 0.1) is 24.0 Å².